The van der Waals surface area contributed by atoms with Crippen LogP contribution in [0, 0.1) is 0 Å². The van der Waals surface area contributed by atoms with Crippen LogP contribution in [0.3, 0.4) is 0 Å². The van der Waals surface area contributed by atoms with Gasteiger partial charge >= 0.3 is 0 Å². The third kappa shape index (κ3) is 9.18. The molecule has 0 saturated carbocycles. The predicted molar refractivity (Wildman–Crippen MR) is 134 cm³/mol. The van der Waals surface area contributed by atoms with Gasteiger partial charge < -0.3 is 20.3 Å². The summed E-state index contributed by atoms with van der Waals surface area (Å²) in [5.41, 5.74) is 1.86. The summed E-state index contributed by atoms with van der Waals surface area (Å²) >= 11 is 0. The normalized spacial score (nSPS) is 19.7. The molecule has 1 aromatic carbocycles. The minimum atomic E-state index is 0. The molecule has 170 valence electrons. The number of ether oxygens (including phenoxy) is 1. The molecule has 1 amide bonds. The van der Waals surface area contributed by atoms with Crippen molar-refractivity contribution in [3.8, 4) is 0 Å². The quantitative estimate of drug-likeness (QED) is 0.233. The minimum Gasteiger partial charge on any atom is -0.373 e. The minimum absolute atomic E-state index is 0. The SMILES string of the molecule is CN=C(NCCCN1CC(C)OC(C)C1)NCCc1cccc(C(=O)N(C)C)c1.I. The van der Waals surface area contributed by atoms with Gasteiger partial charge in [0.25, 0.3) is 5.91 Å². The highest BCUT2D eigenvalue weighted by atomic mass is 127. The molecule has 2 N–H and O–H groups in total. The van der Waals surface area contributed by atoms with Gasteiger partial charge in [-0.1, -0.05) is 12.1 Å². The van der Waals surface area contributed by atoms with Crippen LogP contribution in [0.25, 0.3) is 0 Å². The number of nitrogens with zero attached hydrogens (tertiary/aromatic N) is 3. The van der Waals surface area contributed by atoms with E-state index in [0.29, 0.717) is 12.2 Å². The number of nitrogens with one attached hydrogen (secondary N) is 2. The van der Waals surface area contributed by atoms with Crippen LogP contribution in [-0.4, -0.2) is 87.7 Å². The van der Waals surface area contributed by atoms with Crippen LogP contribution in [-0.2, 0) is 11.2 Å². The molecule has 2 atom stereocenters. The highest BCUT2D eigenvalue weighted by molar-refractivity contribution is 14.0. The van der Waals surface area contributed by atoms with E-state index in [1.807, 2.05) is 18.2 Å². The van der Waals surface area contributed by atoms with Crippen LogP contribution in [0.1, 0.15) is 36.2 Å². The predicted octanol–water partition coefficient (Wildman–Crippen LogP) is 2.21. The first-order chi connectivity index (χ1) is 13.9. The molecule has 1 fully saturated rings. The standard InChI is InChI=1S/C22H37N5O2.HI/c1-17-15-27(16-18(2)29-17)13-7-11-24-22(23-3)25-12-10-19-8-6-9-20(14-19)21(28)26(4)5;/h6,8-9,14,17-18H,7,10-13,15-16H2,1-5H3,(H2,23,24,25);1H. The number of hydrogen-bond acceptors (Lipinski definition) is 4. The topological polar surface area (TPSA) is 69.2 Å². The van der Waals surface area contributed by atoms with Gasteiger partial charge in [-0.25, -0.2) is 0 Å². The number of aliphatic imine (C=N–C) groups is 1. The first kappa shape index (κ1) is 26.6. The molecule has 2 unspecified atom stereocenters. The molecule has 1 aliphatic rings. The molecule has 30 heavy (non-hydrogen) atoms. The second-order valence-electron chi connectivity index (χ2n) is 7.95. The Morgan fingerprint density at radius 3 is 2.50 bits per heavy atom. The van der Waals surface area contributed by atoms with Crippen molar-refractivity contribution < 1.29 is 9.53 Å². The molecule has 7 nitrogen and oxygen atoms in total. The van der Waals surface area contributed by atoms with E-state index in [1.165, 1.54) is 0 Å². The zero-order chi connectivity index (χ0) is 21.2. The molecule has 0 aliphatic carbocycles. The summed E-state index contributed by atoms with van der Waals surface area (Å²) in [5.74, 6) is 0.843. The fraction of sp³-hybridized carbons (Fsp3) is 0.636. The number of carbonyl (C=O) groups is 1. The average molecular weight is 531 g/mol. The van der Waals surface area contributed by atoms with Crippen molar-refractivity contribution in [1.82, 2.24) is 20.4 Å². The van der Waals surface area contributed by atoms with Gasteiger partial charge in [-0.15, -0.1) is 24.0 Å². The van der Waals surface area contributed by atoms with Crippen molar-refractivity contribution in [3.63, 3.8) is 0 Å². The number of guanidine groups is 1. The summed E-state index contributed by atoms with van der Waals surface area (Å²) in [7, 11) is 5.33. The van der Waals surface area contributed by atoms with Gasteiger partial charge in [0, 0.05) is 59.4 Å². The largest absolute Gasteiger partial charge is 0.373 e. The molecule has 0 bridgehead atoms. The maximum absolute atomic E-state index is 12.1. The van der Waals surface area contributed by atoms with Gasteiger partial charge in [-0.3, -0.25) is 14.7 Å². The van der Waals surface area contributed by atoms with Crippen molar-refractivity contribution in [2.45, 2.75) is 38.9 Å². The van der Waals surface area contributed by atoms with E-state index < -0.39 is 0 Å². The fourth-order valence-corrected chi connectivity index (χ4v) is 3.64. The third-order valence-corrected chi connectivity index (χ3v) is 4.95. The van der Waals surface area contributed by atoms with E-state index >= 15 is 0 Å². The van der Waals surface area contributed by atoms with E-state index in [0.717, 1.165) is 62.7 Å². The van der Waals surface area contributed by atoms with Crippen molar-refractivity contribution in [2.24, 2.45) is 4.99 Å². The Labute approximate surface area is 198 Å². The number of amides is 1. The monoisotopic (exact) mass is 531 g/mol. The van der Waals surface area contributed by atoms with Crippen LogP contribution >= 0.6 is 24.0 Å². The number of halogens is 1. The van der Waals surface area contributed by atoms with Crippen molar-refractivity contribution in [3.05, 3.63) is 35.4 Å². The van der Waals surface area contributed by atoms with Gasteiger partial charge in [0.15, 0.2) is 5.96 Å². The van der Waals surface area contributed by atoms with Crippen molar-refractivity contribution in [2.75, 3.05) is 53.9 Å². The number of carbonyl (C=O) groups excluding carboxylic acids is 1. The zero-order valence-corrected chi connectivity index (χ0v) is 21.3. The average Bonchev–Trinajstić information content (AvgIpc) is 2.68. The lowest BCUT2D eigenvalue weighted by Gasteiger charge is -2.35. The second kappa shape index (κ2) is 13.8. The molecular formula is C22H38IN5O2. The number of rotatable bonds is 8. The maximum atomic E-state index is 12.1. The molecular weight excluding hydrogens is 493 g/mol. The lowest BCUT2D eigenvalue weighted by molar-refractivity contribution is -0.0679. The Hall–Kier alpha value is -1.39. The first-order valence-electron chi connectivity index (χ1n) is 10.5. The molecule has 8 heteroatoms. The summed E-state index contributed by atoms with van der Waals surface area (Å²) in [4.78, 5) is 20.5. The van der Waals surface area contributed by atoms with Gasteiger partial charge in [0.2, 0.25) is 0 Å². The Morgan fingerprint density at radius 2 is 1.87 bits per heavy atom. The lowest BCUT2D eigenvalue weighted by atomic mass is 10.1. The molecule has 1 aromatic rings. The second-order valence-corrected chi connectivity index (χ2v) is 7.95. The van der Waals surface area contributed by atoms with Gasteiger partial charge in [-0.2, -0.15) is 0 Å². The molecule has 1 aliphatic heterocycles. The summed E-state index contributed by atoms with van der Waals surface area (Å²) in [6, 6.07) is 7.81. The highest BCUT2D eigenvalue weighted by Gasteiger charge is 2.21. The molecule has 1 heterocycles. The third-order valence-electron chi connectivity index (χ3n) is 4.95. The van der Waals surface area contributed by atoms with E-state index in [2.05, 4.69) is 40.4 Å². The van der Waals surface area contributed by atoms with Crippen molar-refractivity contribution >= 4 is 35.8 Å². The van der Waals surface area contributed by atoms with E-state index in [9.17, 15) is 4.79 Å². The Morgan fingerprint density at radius 1 is 1.20 bits per heavy atom. The molecule has 0 aromatic heterocycles. The summed E-state index contributed by atoms with van der Waals surface area (Å²) in [6.45, 7) is 9.00. The maximum Gasteiger partial charge on any atom is 0.253 e. The fourth-order valence-electron chi connectivity index (χ4n) is 3.64. The molecule has 1 saturated heterocycles. The smallest absolute Gasteiger partial charge is 0.253 e. The van der Waals surface area contributed by atoms with Crippen LogP contribution in [0.5, 0.6) is 0 Å². The zero-order valence-electron chi connectivity index (χ0n) is 19.0. The van der Waals surface area contributed by atoms with Crippen molar-refractivity contribution in [1.29, 1.82) is 0 Å². The Kier molecular flexibility index (Phi) is 12.3. The highest BCUT2D eigenvalue weighted by Crippen LogP contribution is 2.10. The Balaban J connectivity index is 0.00000450. The number of hydrogen-bond donors (Lipinski definition) is 2. The van der Waals surface area contributed by atoms with Crippen LogP contribution < -0.4 is 10.6 Å². The Bertz CT molecular complexity index is 673. The molecule has 2 rings (SSSR count). The summed E-state index contributed by atoms with van der Waals surface area (Å²) < 4.78 is 5.78. The molecule has 0 spiro atoms. The van der Waals surface area contributed by atoms with Gasteiger partial charge in [0.05, 0.1) is 12.2 Å². The van der Waals surface area contributed by atoms with E-state index in [1.54, 1.807) is 26.0 Å². The molecule has 0 radical (unpaired) electrons. The van der Waals surface area contributed by atoms with Crippen LogP contribution in [0.2, 0.25) is 0 Å². The van der Waals surface area contributed by atoms with Gasteiger partial charge in [-0.05, 0) is 44.4 Å². The van der Waals surface area contributed by atoms with E-state index in [4.69, 9.17) is 4.74 Å². The first-order valence-corrected chi connectivity index (χ1v) is 10.5. The van der Waals surface area contributed by atoms with Crippen LogP contribution in [0.15, 0.2) is 29.3 Å². The van der Waals surface area contributed by atoms with Gasteiger partial charge in [0.1, 0.15) is 0 Å². The number of benzene rings is 1. The summed E-state index contributed by atoms with van der Waals surface area (Å²) in [6.07, 6.45) is 2.52. The summed E-state index contributed by atoms with van der Waals surface area (Å²) in [5, 5.41) is 6.73. The number of morpholine rings is 1. The van der Waals surface area contributed by atoms with E-state index in [-0.39, 0.29) is 29.9 Å². The lowest BCUT2D eigenvalue weighted by Crippen LogP contribution is -2.46. The van der Waals surface area contributed by atoms with Crippen LogP contribution in [0.4, 0.5) is 0 Å².